The third kappa shape index (κ3) is 4.96. The molecule has 2 aliphatic heterocycles. The average Bonchev–Trinajstić information content (AvgIpc) is 3.10. The Bertz CT molecular complexity index is 517. The molecule has 1 aromatic carbocycles. The zero-order chi connectivity index (χ0) is 15.9. The van der Waals surface area contributed by atoms with Gasteiger partial charge in [0.15, 0.2) is 0 Å². The molecule has 2 heterocycles. The van der Waals surface area contributed by atoms with Gasteiger partial charge in [-0.2, -0.15) is 11.8 Å². The highest BCUT2D eigenvalue weighted by Gasteiger charge is 2.20. The smallest absolute Gasteiger partial charge is 0.230 e. The first kappa shape index (κ1) is 16.8. The standard InChI is InChI=1S/C18H26N2O2S/c21-18(14-23-12-10-20-8-3-4-9-20)19-13-17-16-6-2-1-5-15(16)7-11-22-17/h1-2,5-6,17H,3-4,7-14H2,(H,19,21)/t17-/m0/s1. The third-order valence-corrected chi connectivity index (χ3v) is 5.50. The molecule has 3 rings (SSSR count). The van der Waals surface area contributed by atoms with Crippen LogP contribution in [0.1, 0.15) is 30.1 Å². The van der Waals surface area contributed by atoms with Crippen molar-refractivity contribution in [2.75, 3.05) is 44.3 Å². The first-order valence-corrected chi connectivity index (χ1v) is 9.74. The van der Waals surface area contributed by atoms with E-state index in [4.69, 9.17) is 4.74 Å². The molecule has 0 aliphatic carbocycles. The molecular weight excluding hydrogens is 308 g/mol. The van der Waals surface area contributed by atoms with Gasteiger partial charge in [-0.05, 0) is 43.5 Å². The number of amides is 1. The summed E-state index contributed by atoms with van der Waals surface area (Å²) in [5, 5.41) is 3.02. The average molecular weight is 334 g/mol. The summed E-state index contributed by atoms with van der Waals surface area (Å²) in [7, 11) is 0. The quantitative estimate of drug-likeness (QED) is 0.777. The number of benzene rings is 1. The molecule has 1 N–H and O–H groups in total. The van der Waals surface area contributed by atoms with Crippen molar-refractivity contribution in [1.29, 1.82) is 0 Å². The molecule has 1 aromatic rings. The van der Waals surface area contributed by atoms with Crippen LogP contribution in [0.15, 0.2) is 24.3 Å². The SMILES string of the molecule is O=C(CSCCN1CCCC1)NC[C@@H]1OCCc2ccccc21. The number of nitrogens with zero attached hydrogens (tertiary/aromatic N) is 1. The monoisotopic (exact) mass is 334 g/mol. The van der Waals surface area contributed by atoms with Gasteiger partial charge in [-0.15, -0.1) is 0 Å². The van der Waals surface area contributed by atoms with Crippen molar-refractivity contribution in [3.05, 3.63) is 35.4 Å². The van der Waals surface area contributed by atoms with Crippen LogP contribution in [0.5, 0.6) is 0 Å². The number of ether oxygens (including phenoxy) is 1. The van der Waals surface area contributed by atoms with E-state index in [1.54, 1.807) is 11.8 Å². The molecule has 1 saturated heterocycles. The molecule has 5 heteroatoms. The molecule has 0 saturated carbocycles. The molecule has 0 spiro atoms. The van der Waals surface area contributed by atoms with Gasteiger partial charge in [0.1, 0.15) is 6.10 Å². The van der Waals surface area contributed by atoms with E-state index >= 15 is 0 Å². The molecule has 0 bridgehead atoms. The number of carbonyl (C=O) groups is 1. The largest absolute Gasteiger partial charge is 0.371 e. The van der Waals surface area contributed by atoms with Crippen molar-refractivity contribution in [2.45, 2.75) is 25.4 Å². The van der Waals surface area contributed by atoms with Crippen molar-refractivity contribution in [3.63, 3.8) is 0 Å². The number of thioether (sulfide) groups is 1. The van der Waals surface area contributed by atoms with Crippen LogP contribution in [0.3, 0.4) is 0 Å². The summed E-state index contributed by atoms with van der Waals surface area (Å²) in [5.41, 5.74) is 2.57. The number of likely N-dealkylation sites (tertiary alicyclic amines) is 1. The maximum absolute atomic E-state index is 12.0. The van der Waals surface area contributed by atoms with Crippen LogP contribution in [0, 0.1) is 0 Å². The second-order valence-electron chi connectivity index (χ2n) is 6.21. The zero-order valence-electron chi connectivity index (χ0n) is 13.6. The Kier molecular flexibility index (Phi) is 6.37. The second kappa shape index (κ2) is 8.71. The normalized spacial score (nSPS) is 21.1. The summed E-state index contributed by atoms with van der Waals surface area (Å²) >= 11 is 1.73. The van der Waals surface area contributed by atoms with Gasteiger partial charge in [0.25, 0.3) is 0 Å². The predicted octanol–water partition coefficient (Wildman–Crippen LogP) is 2.25. The number of rotatable bonds is 7. The van der Waals surface area contributed by atoms with E-state index in [1.165, 1.54) is 37.1 Å². The Morgan fingerprint density at radius 1 is 1.30 bits per heavy atom. The summed E-state index contributed by atoms with van der Waals surface area (Å²) < 4.78 is 5.82. The fraction of sp³-hybridized carbons (Fsp3) is 0.611. The number of hydrogen-bond donors (Lipinski definition) is 1. The minimum atomic E-state index is -0.00139. The van der Waals surface area contributed by atoms with Gasteiger partial charge in [0.05, 0.1) is 12.4 Å². The highest BCUT2D eigenvalue weighted by atomic mass is 32.2. The van der Waals surface area contributed by atoms with Crippen LogP contribution in [0.2, 0.25) is 0 Å². The van der Waals surface area contributed by atoms with Crippen molar-refractivity contribution in [1.82, 2.24) is 10.2 Å². The van der Waals surface area contributed by atoms with Crippen molar-refractivity contribution >= 4 is 17.7 Å². The molecule has 0 radical (unpaired) electrons. The molecule has 4 nitrogen and oxygen atoms in total. The van der Waals surface area contributed by atoms with Crippen LogP contribution in [0.25, 0.3) is 0 Å². The van der Waals surface area contributed by atoms with Crippen molar-refractivity contribution in [2.24, 2.45) is 0 Å². The Morgan fingerprint density at radius 3 is 3.00 bits per heavy atom. The van der Waals surface area contributed by atoms with E-state index in [0.717, 1.165) is 25.3 Å². The van der Waals surface area contributed by atoms with Gasteiger partial charge in [-0.1, -0.05) is 24.3 Å². The molecule has 126 valence electrons. The number of fused-ring (bicyclic) bond motifs is 1. The van der Waals surface area contributed by atoms with E-state index in [2.05, 4.69) is 28.4 Å². The molecule has 0 aromatic heterocycles. The van der Waals surface area contributed by atoms with Gasteiger partial charge in [-0.3, -0.25) is 4.79 Å². The highest BCUT2D eigenvalue weighted by Crippen LogP contribution is 2.26. The lowest BCUT2D eigenvalue weighted by Crippen LogP contribution is -2.33. The maximum Gasteiger partial charge on any atom is 0.230 e. The van der Waals surface area contributed by atoms with E-state index in [0.29, 0.717) is 12.3 Å². The Morgan fingerprint density at radius 2 is 2.13 bits per heavy atom. The van der Waals surface area contributed by atoms with Crippen LogP contribution >= 0.6 is 11.8 Å². The molecule has 0 unspecified atom stereocenters. The van der Waals surface area contributed by atoms with Gasteiger partial charge in [-0.25, -0.2) is 0 Å². The highest BCUT2D eigenvalue weighted by molar-refractivity contribution is 7.99. The van der Waals surface area contributed by atoms with Gasteiger partial charge >= 0.3 is 0 Å². The number of carbonyl (C=O) groups excluding carboxylic acids is 1. The van der Waals surface area contributed by atoms with Crippen molar-refractivity contribution in [3.8, 4) is 0 Å². The maximum atomic E-state index is 12.0. The number of nitrogens with one attached hydrogen (secondary N) is 1. The first-order chi connectivity index (χ1) is 11.3. The lowest BCUT2D eigenvalue weighted by Gasteiger charge is -2.26. The summed E-state index contributed by atoms with van der Waals surface area (Å²) in [6, 6.07) is 8.37. The topological polar surface area (TPSA) is 41.6 Å². The summed E-state index contributed by atoms with van der Waals surface area (Å²) in [5.74, 6) is 1.70. The molecule has 23 heavy (non-hydrogen) atoms. The number of hydrogen-bond acceptors (Lipinski definition) is 4. The fourth-order valence-corrected chi connectivity index (χ4v) is 4.09. The van der Waals surface area contributed by atoms with E-state index < -0.39 is 0 Å². The third-order valence-electron chi connectivity index (χ3n) is 4.56. The molecular formula is C18H26N2O2S. The molecule has 1 fully saturated rings. The molecule has 1 atom stereocenters. The summed E-state index contributed by atoms with van der Waals surface area (Å²) in [6.07, 6.45) is 3.62. The van der Waals surface area contributed by atoms with Crippen LogP contribution in [-0.2, 0) is 16.0 Å². The minimum absolute atomic E-state index is 0.00139. The van der Waals surface area contributed by atoms with E-state index in [-0.39, 0.29) is 12.0 Å². The van der Waals surface area contributed by atoms with Gasteiger partial charge in [0, 0.05) is 18.8 Å². The Labute approximate surface area is 143 Å². The zero-order valence-corrected chi connectivity index (χ0v) is 14.4. The van der Waals surface area contributed by atoms with Crippen LogP contribution in [-0.4, -0.2) is 55.1 Å². The lowest BCUT2D eigenvalue weighted by molar-refractivity contribution is -0.119. The van der Waals surface area contributed by atoms with Gasteiger partial charge < -0.3 is 15.0 Å². The summed E-state index contributed by atoms with van der Waals surface area (Å²) in [4.78, 5) is 14.5. The molecule has 2 aliphatic rings. The Balaban J connectivity index is 1.34. The van der Waals surface area contributed by atoms with Crippen molar-refractivity contribution < 1.29 is 9.53 Å². The van der Waals surface area contributed by atoms with E-state index in [1.807, 2.05) is 6.07 Å². The van der Waals surface area contributed by atoms with E-state index in [9.17, 15) is 4.79 Å². The summed E-state index contributed by atoms with van der Waals surface area (Å²) in [6.45, 7) is 4.87. The first-order valence-electron chi connectivity index (χ1n) is 8.59. The fourth-order valence-electron chi connectivity index (χ4n) is 3.27. The Hall–Kier alpha value is -1.04. The predicted molar refractivity (Wildman–Crippen MR) is 94.8 cm³/mol. The minimum Gasteiger partial charge on any atom is -0.371 e. The van der Waals surface area contributed by atoms with Gasteiger partial charge in [0.2, 0.25) is 5.91 Å². The van der Waals surface area contributed by atoms with Crippen LogP contribution < -0.4 is 5.32 Å². The molecule has 1 amide bonds. The lowest BCUT2D eigenvalue weighted by atomic mass is 9.97. The van der Waals surface area contributed by atoms with Crippen LogP contribution in [0.4, 0.5) is 0 Å². The second-order valence-corrected chi connectivity index (χ2v) is 7.32.